The fourth-order valence-electron chi connectivity index (χ4n) is 1.89. The van der Waals surface area contributed by atoms with E-state index < -0.39 is 15.7 Å². The van der Waals surface area contributed by atoms with Crippen molar-refractivity contribution in [3.05, 3.63) is 58.3 Å². The second kappa shape index (κ2) is 8.35. The van der Waals surface area contributed by atoms with Gasteiger partial charge in [-0.1, -0.05) is 12.1 Å². The minimum Gasteiger partial charge on any atom is -0.384 e. The molecule has 1 unspecified atom stereocenters. The summed E-state index contributed by atoms with van der Waals surface area (Å²) in [4.78, 5) is 14.1. The molecule has 23 heavy (non-hydrogen) atoms. The lowest BCUT2D eigenvalue weighted by molar-refractivity contribution is -0.385. The number of benzene rings is 1. The summed E-state index contributed by atoms with van der Waals surface area (Å²) in [5.74, 6) is 1.46. The van der Waals surface area contributed by atoms with E-state index in [1.807, 2.05) is 24.3 Å². The molecule has 0 aliphatic carbocycles. The summed E-state index contributed by atoms with van der Waals surface area (Å²) in [6, 6.07) is 10.4. The van der Waals surface area contributed by atoms with Crippen LogP contribution in [0.4, 0.5) is 17.2 Å². The van der Waals surface area contributed by atoms with Gasteiger partial charge in [-0.3, -0.25) is 14.3 Å². The van der Waals surface area contributed by atoms with Gasteiger partial charge in [0.1, 0.15) is 12.0 Å². The largest absolute Gasteiger partial charge is 0.384 e. The standard InChI is InChI=1S/C15H17N3O4S/c1-22-7-8-23(21)11-12-3-2-4-13(9-12)17-15-6-5-14(10-16-15)18(19)20/h2-6,9-10H,7-8,11H2,1H3,(H,16,17). The summed E-state index contributed by atoms with van der Waals surface area (Å²) in [5.41, 5.74) is 1.66. The molecular formula is C15H17N3O4S. The summed E-state index contributed by atoms with van der Waals surface area (Å²) in [6.07, 6.45) is 1.20. The summed E-state index contributed by atoms with van der Waals surface area (Å²) in [5, 5.41) is 13.7. The molecule has 2 rings (SSSR count). The van der Waals surface area contributed by atoms with E-state index in [0.717, 1.165) is 11.3 Å². The molecule has 0 fully saturated rings. The Labute approximate surface area is 136 Å². The maximum atomic E-state index is 11.9. The number of nitrogens with one attached hydrogen (secondary N) is 1. The van der Waals surface area contributed by atoms with Crippen LogP contribution in [0.25, 0.3) is 0 Å². The molecule has 8 heteroatoms. The average molecular weight is 335 g/mol. The summed E-state index contributed by atoms with van der Waals surface area (Å²) in [7, 11) is 0.605. The number of aromatic nitrogens is 1. The van der Waals surface area contributed by atoms with E-state index in [-0.39, 0.29) is 5.69 Å². The Morgan fingerprint density at radius 3 is 2.83 bits per heavy atom. The lowest BCUT2D eigenvalue weighted by atomic mass is 10.2. The van der Waals surface area contributed by atoms with E-state index in [4.69, 9.17) is 4.74 Å². The molecule has 1 N–H and O–H groups in total. The van der Waals surface area contributed by atoms with Gasteiger partial charge < -0.3 is 10.1 Å². The van der Waals surface area contributed by atoms with E-state index in [0.29, 0.717) is 23.9 Å². The highest BCUT2D eigenvalue weighted by Crippen LogP contribution is 2.19. The first-order valence-electron chi connectivity index (χ1n) is 6.89. The minimum atomic E-state index is -0.977. The number of pyridine rings is 1. The first kappa shape index (κ1) is 17.0. The van der Waals surface area contributed by atoms with Crippen LogP contribution in [0.1, 0.15) is 5.56 Å². The molecule has 0 amide bonds. The van der Waals surface area contributed by atoms with Gasteiger partial charge in [0, 0.05) is 41.2 Å². The normalized spacial score (nSPS) is 11.9. The highest BCUT2D eigenvalue weighted by atomic mass is 32.2. The van der Waals surface area contributed by atoms with Crippen molar-refractivity contribution in [3.8, 4) is 0 Å². The van der Waals surface area contributed by atoms with Crippen molar-refractivity contribution in [1.82, 2.24) is 4.98 Å². The Kier molecular flexibility index (Phi) is 6.19. The zero-order chi connectivity index (χ0) is 16.7. The van der Waals surface area contributed by atoms with Crippen molar-refractivity contribution in [2.45, 2.75) is 5.75 Å². The van der Waals surface area contributed by atoms with Crippen LogP contribution in [-0.4, -0.2) is 33.6 Å². The molecule has 1 aromatic heterocycles. The van der Waals surface area contributed by atoms with Gasteiger partial charge in [-0.2, -0.15) is 0 Å². The predicted molar refractivity (Wildman–Crippen MR) is 89.2 cm³/mol. The minimum absolute atomic E-state index is 0.0576. The van der Waals surface area contributed by atoms with E-state index >= 15 is 0 Å². The van der Waals surface area contributed by atoms with Crippen molar-refractivity contribution in [2.75, 3.05) is 24.8 Å². The molecule has 0 aliphatic rings. The Balaban J connectivity index is 2.02. The second-order valence-corrected chi connectivity index (χ2v) is 6.34. The first-order valence-corrected chi connectivity index (χ1v) is 8.37. The van der Waals surface area contributed by atoms with Crippen LogP contribution in [0.2, 0.25) is 0 Å². The van der Waals surface area contributed by atoms with Gasteiger partial charge in [0.25, 0.3) is 5.69 Å². The molecule has 122 valence electrons. The molecular weight excluding hydrogens is 318 g/mol. The second-order valence-electron chi connectivity index (χ2n) is 4.77. The third kappa shape index (κ3) is 5.42. The highest BCUT2D eigenvalue weighted by Gasteiger charge is 2.06. The third-order valence-corrected chi connectivity index (χ3v) is 4.28. The maximum absolute atomic E-state index is 11.9. The van der Waals surface area contributed by atoms with E-state index in [9.17, 15) is 14.3 Å². The van der Waals surface area contributed by atoms with Gasteiger partial charge in [0.05, 0.1) is 11.5 Å². The fourth-order valence-corrected chi connectivity index (χ4v) is 2.94. The van der Waals surface area contributed by atoms with Crippen LogP contribution in [0.3, 0.4) is 0 Å². The maximum Gasteiger partial charge on any atom is 0.287 e. The van der Waals surface area contributed by atoms with Crippen molar-refractivity contribution < 1.29 is 13.9 Å². The zero-order valence-electron chi connectivity index (χ0n) is 12.6. The van der Waals surface area contributed by atoms with Crippen molar-refractivity contribution >= 4 is 28.0 Å². The van der Waals surface area contributed by atoms with E-state index in [1.54, 1.807) is 13.2 Å². The fraction of sp³-hybridized carbons (Fsp3) is 0.267. The Hall–Kier alpha value is -2.32. The molecule has 0 saturated heterocycles. The number of ether oxygens (including phenoxy) is 1. The summed E-state index contributed by atoms with van der Waals surface area (Å²) < 4.78 is 16.8. The van der Waals surface area contributed by atoms with Crippen molar-refractivity contribution in [1.29, 1.82) is 0 Å². The molecule has 7 nitrogen and oxygen atoms in total. The molecule has 0 saturated carbocycles. The van der Waals surface area contributed by atoms with Crippen LogP contribution < -0.4 is 5.32 Å². The SMILES string of the molecule is COCCS(=O)Cc1cccc(Nc2ccc([N+](=O)[O-])cn2)c1. The number of methoxy groups -OCH3 is 1. The highest BCUT2D eigenvalue weighted by molar-refractivity contribution is 7.84. The van der Waals surface area contributed by atoms with Gasteiger partial charge >= 0.3 is 0 Å². The Morgan fingerprint density at radius 1 is 1.35 bits per heavy atom. The molecule has 0 radical (unpaired) electrons. The van der Waals surface area contributed by atoms with Crippen LogP contribution in [-0.2, 0) is 21.3 Å². The third-order valence-electron chi connectivity index (χ3n) is 3.00. The number of nitrogens with zero attached hydrogens (tertiary/aromatic N) is 2. The molecule has 1 heterocycles. The topological polar surface area (TPSA) is 94.4 Å². The molecule has 0 aliphatic heterocycles. The number of hydrogen-bond acceptors (Lipinski definition) is 6. The molecule has 2 aromatic rings. The number of hydrogen-bond donors (Lipinski definition) is 1. The van der Waals surface area contributed by atoms with Crippen molar-refractivity contribution in [3.63, 3.8) is 0 Å². The van der Waals surface area contributed by atoms with Crippen LogP contribution in [0.5, 0.6) is 0 Å². The Bertz CT molecular complexity index is 691. The average Bonchev–Trinajstić information content (AvgIpc) is 2.54. The van der Waals surface area contributed by atoms with Gasteiger partial charge in [-0.25, -0.2) is 4.98 Å². The van der Waals surface area contributed by atoms with Crippen LogP contribution in [0.15, 0.2) is 42.6 Å². The molecule has 1 aromatic carbocycles. The van der Waals surface area contributed by atoms with Crippen LogP contribution in [0, 0.1) is 10.1 Å². The predicted octanol–water partition coefficient (Wildman–Crippen LogP) is 2.63. The van der Waals surface area contributed by atoms with Gasteiger partial charge in [0.15, 0.2) is 0 Å². The van der Waals surface area contributed by atoms with Crippen LogP contribution >= 0.6 is 0 Å². The monoisotopic (exact) mass is 335 g/mol. The molecule has 0 spiro atoms. The first-order chi connectivity index (χ1) is 11.1. The zero-order valence-corrected chi connectivity index (χ0v) is 13.4. The van der Waals surface area contributed by atoms with Gasteiger partial charge in [-0.05, 0) is 23.8 Å². The number of anilines is 2. The lowest BCUT2D eigenvalue weighted by Crippen LogP contribution is -2.06. The lowest BCUT2D eigenvalue weighted by Gasteiger charge is -2.08. The molecule has 1 atom stereocenters. The van der Waals surface area contributed by atoms with Gasteiger partial charge in [-0.15, -0.1) is 0 Å². The summed E-state index contributed by atoms with van der Waals surface area (Å²) >= 11 is 0. The van der Waals surface area contributed by atoms with E-state index in [2.05, 4.69) is 10.3 Å². The Morgan fingerprint density at radius 2 is 2.17 bits per heavy atom. The molecule has 0 bridgehead atoms. The number of nitro groups is 1. The van der Waals surface area contributed by atoms with Crippen molar-refractivity contribution in [2.24, 2.45) is 0 Å². The van der Waals surface area contributed by atoms with E-state index in [1.165, 1.54) is 12.3 Å². The number of rotatable bonds is 8. The quantitative estimate of drug-likeness (QED) is 0.588. The summed E-state index contributed by atoms with van der Waals surface area (Å²) in [6.45, 7) is 0.470. The van der Waals surface area contributed by atoms with Gasteiger partial charge in [0.2, 0.25) is 0 Å². The smallest absolute Gasteiger partial charge is 0.287 e.